The quantitative estimate of drug-likeness (QED) is 0.361. The summed E-state index contributed by atoms with van der Waals surface area (Å²) >= 11 is 0. The third kappa shape index (κ3) is 8.95. The summed E-state index contributed by atoms with van der Waals surface area (Å²) in [7, 11) is 2.53. The Labute approximate surface area is 251 Å². The SMILES string of the molecule is COC[C@@H](C)NC(=O)c1cn(COCCS(C)(C)C)c2ncc(N3CCN(C(=O)OC(C)(C)C)C(C)(COC)C3)nc12. The second kappa shape index (κ2) is 13.8. The molecule has 0 saturated carbocycles. The van der Waals surface area contributed by atoms with Crippen molar-refractivity contribution in [3.63, 3.8) is 0 Å². The fraction of sp³-hybridized carbons (Fsp3) is 0.724. The summed E-state index contributed by atoms with van der Waals surface area (Å²) in [5.74, 6) is 1.34. The zero-order valence-electron chi connectivity index (χ0n) is 27.0. The van der Waals surface area contributed by atoms with Crippen LogP contribution in [-0.4, -0.2) is 127 Å². The number of amides is 2. The smallest absolute Gasteiger partial charge is 0.410 e. The van der Waals surface area contributed by atoms with Gasteiger partial charge in [0.25, 0.3) is 5.91 Å². The minimum absolute atomic E-state index is 0.182. The van der Waals surface area contributed by atoms with Gasteiger partial charge in [-0.1, -0.05) is 0 Å². The Hall–Kier alpha value is -2.61. The van der Waals surface area contributed by atoms with Crippen molar-refractivity contribution in [1.29, 1.82) is 0 Å². The van der Waals surface area contributed by atoms with Gasteiger partial charge in [-0.3, -0.25) is 9.69 Å². The van der Waals surface area contributed by atoms with E-state index >= 15 is 0 Å². The van der Waals surface area contributed by atoms with E-state index < -0.39 is 21.2 Å². The van der Waals surface area contributed by atoms with E-state index in [0.29, 0.717) is 62.0 Å². The minimum Gasteiger partial charge on any atom is -0.444 e. The van der Waals surface area contributed by atoms with Gasteiger partial charge < -0.3 is 33.7 Å². The first-order chi connectivity index (χ1) is 19.6. The first-order valence-electron chi connectivity index (χ1n) is 14.2. The van der Waals surface area contributed by atoms with Crippen LogP contribution in [0.1, 0.15) is 45.0 Å². The Morgan fingerprint density at radius 1 is 1.17 bits per heavy atom. The Bertz CT molecular complexity index is 1230. The molecule has 3 rings (SSSR count). The van der Waals surface area contributed by atoms with Crippen LogP contribution in [0.5, 0.6) is 0 Å². The maximum absolute atomic E-state index is 13.4. The van der Waals surface area contributed by atoms with Crippen molar-refractivity contribution in [2.45, 2.75) is 58.5 Å². The van der Waals surface area contributed by atoms with Crippen molar-refractivity contribution in [2.75, 3.05) is 83.1 Å². The number of hydrogen-bond donors (Lipinski definition) is 1. The lowest BCUT2D eigenvalue weighted by Gasteiger charge is -2.48. The number of ether oxygens (including phenoxy) is 4. The van der Waals surface area contributed by atoms with Crippen LogP contribution in [-0.2, 0) is 25.7 Å². The van der Waals surface area contributed by atoms with Crippen LogP contribution in [0.25, 0.3) is 11.2 Å². The molecule has 0 bridgehead atoms. The Kier molecular flexibility index (Phi) is 11.1. The van der Waals surface area contributed by atoms with Crippen molar-refractivity contribution in [1.82, 2.24) is 24.8 Å². The number of hydrogen-bond acceptors (Lipinski definition) is 9. The van der Waals surface area contributed by atoms with E-state index in [-0.39, 0.29) is 24.8 Å². The number of carbonyl (C=O) groups excluding carboxylic acids is 2. The first-order valence-corrected chi connectivity index (χ1v) is 17.2. The molecule has 0 spiro atoms. The highest BCUT2D eigenvalue weighted by molar-refractivity contribution is 8.32. The van der Waals surface area contributed by atoms with Crippen LogP contribution < -0.4 is 10.2 Å². The van der Waals surface area contributed by atoms with Gasteiger partial charge in [-0.15, -0.1) is 0 Å². The van der Waals surface area contributed by atoms with E-state index in [0.717, 1.165) is 5.75 Å². The normalized spacial score (nSPS) is 19.2. The molecule has 1 aliphatic rings. The van der Waals surface area contributed by atoms with Crippen molar-refractivity contribution in [3.05, 3.63) is 18.0 Å². The van der Waals surface area contributed by atoms with Crippen LogP contribution in [0, 0.1) is 0 Å². The van der Waals surface area contributed by atoms with Crippen LogP contribution in [0.4, 0.5) is 10.6 Å². The molecule has 1 aliphatic heterocycles. The fourth-order valence-corrected chi connectivity index (χ4v) is 5.47. The highest BCUT2D eigenvalue weighted by Crippen LogP contribution is 2.34. The number of nitrogens with one attached hydrogen (secondary N) is 1. The number of rotatable bonds is 12. The van der Waals surface area contributed by atoms with E-state index in [4.69, 9.17) is 28.9 Å². The van der Waals surface area contributed by atoms with Crippen molar-refractivity contribution in [2.24, 2.45) is 0 Å². The molecule has 0 radical (unpaired) electrons. The van der Waals surface area contributed by atoms with Gasteiger partial charge in [-0.2, -0.15) is 0 Å². The molecule has 1 saturated heterocycles. The highest BCUT2D eigenvalue weighted by atomic mass is 32.3. The van der Waals surface area contributed by atoms with Gasteiger partial charge in [0.1, 0.15) is 23.7 Å². The Morgan fingerprint density at radius 3 is 2.50 bits per heavy atom. The number of anilines is 1. The molecular formula is C29H50N6O6S. The van der Waals surface area contributed by atoms with Gasteiger partial charge in [0.2, 0.25) is 0 Å². The number of aromatic nitrogens is 3. The number of fused-ring (bicyclic) bond motifs is 1. The maximum atomic E-state index is 13.4. The lowest BCUT2D eigenvalue weighted by molar-refractivity contribution is -0.0240. The molecule has 42 heavy (non-hydrogen) atoms. The third-order valence-electron chi connectivity index (χ3n) is 6.83. The third-order valence-corrected chi connectivity index (χ3v) is 8.22. The van der Waals surface area contributed by atoms with Crippen molar-refractivity contribution in [3.8, 4) is 0 Å². The van der Waals surface area contributed by atoms with Gasteiger partial charge >= 0.3 is 6.09 Å². The molecule has 13 heteroatoms. The van der Waals surface area contributed by atoms with Crippen LogP contribution in [0.2, 0.25) is 0 Å². The molecule has 1 N–H and O–H groups in total. The molecule has 1 unspecified atom stereocenters. The second-order valence-corrected chi connectivity index (χ2v) is 17.6. The van der Waals surface area contributed by atoms with Gasteiger partial charge in [-0.05, 0) is 53.4 Å². The summed E-state index contributed by atoms with van der Waals surface area (Å²) in [6, 6.07) is -0.182. The predicted molar refractivity (Wildman–Crippen MR) is 168 cm³/mol. The zero-order chi connectivity index (χ0) is 31.3. The van der Waals surface area contributed by atoms with Gasteiger partial charge in [-0.25, -0.2) is 24.8 Å². The van der Waals surface area contributed by atoms with Crippen LogP contribution in [0.15, 0.2) is 12.4 Å². The van der Waals surface area contributed by atoms with Crippen LogP contribution in [0.3, 0.4) is 0 Å². The summed E-state index contributed by atoms with van der Waals surface area (Å²) in [6.45, 7) is 12.4. The predicted octanol–water partition coefficient (Wildman–Crippen LogP) is 3.33. The van der Waals surface area contributed by atoms with E-state index in [1.165, 1.54) is 0 Å². The minimum atomic E-state index is -0.684. The van der Waals surface area contributed by atoms with E-state index in [1.54, 1.807) is 31.5 Å². The molecule has 238 valence electrons. The first kappa shape index (κ1) is 33.9. The molecule has 2 amide bonds. The Balaban J connectivity index is 1.92. The van der Waals surface area contributed by atoms with E-state index in [1.807, 2.05) is 39.2 Å². The van der Waals surface area contributed by atoms with Gasteiger partial charge in [0.15, 0.2) is 5.65 Å². The average molecular weight is 611 g/mol. The highest BCUT2D eigenvalue weighted by Gasteiger charge is 2.43. The zero-order valence-corrected chi connectivity index (χ0v) is 27.8. The number of methoxy groups -OCH3 is 2. The molecule has 2 aromatic heterocycles. The van der Waals surface area contributed by atoms with Crippen molar-refractivity contribution >= 4 is 39.0 Å². The van der Waals surface area contributed by atoms with Crippen LogP contribution >= 0.6 is 10.0 Å². The maximum Gasteiger partial charge on any atom is 0.410 e. The number of carbonyl (C=O) groups is 2. The largest absolute Gasteiger partial charge is 0.444 e. The summed E-state index contributed by atoms with van der Waals surface area (Å²) in [5.41, 5.74) is 0.193. The average Bonchev–Trinajstić information content (AvgIpc) is 3.23. The van der Waals surface area contributed by atoms with E-state index in [9.17, 15) is 9.59 Å². The monoisotopic (exact) mass is 610 g/mol. The summed E-state index contributed by atoms with van der Waals surface area (Å²) in [5, 5.41) is 2.98. The molecule has 2 aromatic rings. The molecular weight excluding hydrogens is 560 g/mol. The lowest BCUT2D eigenvalue weighted by Crippen LogP contribution is -2.65. The second-order valence-electron chi connectivity index (χ2n) is 13.1. The molecule has 2 atom stereocenters. The summed E-state index contributed by atoms with van der Waals surface area (Å²) in [4.78, 5) is 39.9. The number of nitrogens with zero attached hydrogens (tertiary/aromatic N) is 5. The lowest BCUT2D eigenvalue weighted by atomic mass is 9.97. The fourth-order valence-electron chi connectivity index (χ4n) is 4.85. The molecule has 12 nitrogen and oxygen atoms in total. The van der Waals surface area contributed by atoms with Gasteiger partial charge in [0.05, 0.1) is 37.1 Å². The molecule has 3 heterocycles. The standard InChI is InChI=1S/C29H50N6O6S/c1-21(17-38-6)31-26(36)22-16-34(20-40-13-14-42(8,9)10)25-24(22)32-23(15-30-25)33-11-12-35(27(37)41-28(2,3)4)29(5,18-33)19-39-7/h15-16,21H,11-14,17-20H2,1-10H3,(H,31,36)/t21-,29?/m1/s1. The number of piperazine rings is 1. The topological polar surface area (TPSA) is 120 Å². The van der Waals surface area contributed by atoms with Crippen molar-refractivity contribution < 1.29 is 28.5 Å². The molecule has 1 fully saturated rings. The summed E-state index contributed by atoms with van der Waals surface area (Å²) in [6.07, 6.45) is 9.85. The molecule has 0 aromatic carbocycles. The Morgan fingerprint density at radius 2 is 1.88 bits per heavy atom. The van der Waals surface area contributed by atoms with E-state index in [2.05, 4.69) is 29.0 Å². The van der Waals surface area contributed by atoms with Gasteiger partial charge in [0, 0.05) is 51.8 Å². The molecule has 0 aliphatic carbocycles. The summed E-state index contributed by atoms with van der Waals surface area (Å²) < 4.78 is 24.2.